The van der Waals surface area contributed by atoms with Gasteiger partial charge in [-0.3, -0.25) is 4.79 Å². The molecule has 3 heteroatoms. The van der Waals surface area contributed by atoms with Gasteiger partial charge in [-0.25, -0.2) is 4.79 Å². The van der Waals surface area contributed by atoms with Crippen LogP contribution in [0.1, 0.15) is 43.8 Å². The molecule has 0 fully saturated rings. The average molecular weight is 292 g/mol. The van der Waals surface area contributed by atoms with Gasteiger partial charge in [0.15, 0.2) is 5.78 Å². The number of aryl methyl sites for hydroxylation is 2. The Labute approximate surface area is 128 Å². The maximum absolute atomic E-state index is 12.6. The summed E-state index contributed by atoms with van der Waals surface area (Å²) < 4.78 is 0. The van der Waals surface area contributed by atoms with Gasteiger partial charge in [0.25, 0.3) is 0 Å². The first kappa shape index (κ1) is 14.3. The van der Waals surface area contributed by atoms with Crippen molar-refractivity contribution < 1.29 is 14.7 Å². The SMILES string of the molecule is Cc1ccc(/C=C2\CCc3cc(C(=O)O)ccc3C2=O)cc1. The van der Waals surface area contributed by atoms with Gasteiger partial charge in [-0.15, -0.1) is 0 Å². The zero-order chi connectivity index (χ0) is 15.7. The van der Waals surface area contributed by atoms with Crippen LogP contribution >= 0.6 is 0 Å². The highest BCUT2D eigenvalue weighted by atomic mass is 16.4. The summed E-state index contributed by atoms with van der Waals surface area (Å²) in [5, 5.41) is 9.03. The summed E-state index contributed by atoms with van der Waals surface area (Å²) in [5.41, 5.74) is 4.65. The van der Waals surface area contributed by atoms with E-state index in [1.54, 1.807) is 12.1 Å². The van der Waals surface area contributed by atoms with E-state index in [2.05, 4.69) is 0 Å². The Balaban J connectivity index is 1.94. The quantitative estimate of drug-likeness (QED) is 0.854. The minimum absolute atomic E-state index is 0.00114. The largest absolute Gasteiger partial charge is 0.478 e. The van der Waals surface area contributed by atoms with E-state index in [4.69, 9.17) is 5.11 Å². The molecule has 0 aliphatic heterocycles. The van der Waals surface area contributed by atoms with E-state index in [1.165, 1.54) is 11.6 Å². The molecular formula is C19H16O3. The molecule has 110 valence electrons. The Kier molecular flexibility index (Phi) is 3.63. The van der Waals surface area contributed by atoms with Crippen LogP contribution in [0.3, 0.4) is 0 Å². The summed E-state index contributed by atoms with van der Waals surface area (Å²) >= 11 is 0. The third-order valence-corrected chi connectivity index (χ3v) is 3.97. The Morgan fingerprint density at radius 3 is 2.50 bits per heavy atom. The number of hydrogen-bond donors (Lipinski definition) is 1. The van der Waals surface area contributed by atoms with E-state index >= 15 is 0 Å². The first-order valence-corrected chi connectivity index (χ1v) is 7.23. The van der Waals surface area contributed by atoms with Gasteiger partial charge in [-0.05, 0) is 55.2 Å². The Bertz CT molecular complexity index is 783. The molecule has 0 atom stereocenters. The summed E-state index contributed by atoms with van der Waals surface area (Å²) in [7, 11) is 0. The first-order valence-electron chi connectivity index (χ1n) is 7.23. The minimum atomic E-state index is -0.962. The van der Waals surface area contributed by atoms with Crippen molar-refractivity contribution in [2.24, 2.45) is 0 Å². The maximum Gasteiger partial charge on any atom is 0.335 e. The summed E-state index contributed by atoms with van der Waals surface area (Å²) in [4.78, 5) is 23.6. The minimum Gasteiger partial charge on any atom is -0.478 e. The topological polar surface area (TPSA) is 54.4 Å². The van der Waals surface area contributed by atoms with Gasteiger partial charge in [0, 0.05) is 11.1 Å². The highest BCUT2D eigenvalue weighted by Crippen LogP contribution is 2.27. The van der Waals surface area contributed by atoms with Crippen LogP contribution in [0.15, 0.2) is 48.0 Å². The predicted molar refractivity (Wildman–Crippen MR) is 85.2 cm³/mol. The second-order valence-electron chi connectivity index (χ2n) is 5.59. The Hall–Kier alpha value is -2.68. The number of carboxylic acid groups (broad SMARTS) is 1. The lowest BCUT2D eigenvalue weighted by Gasteiger charge is -2.18. The van der Waals surface area contributed by atoms with Crippen molar-refractivity contribution in [1.29, 1.82) is 0 Å². The summed E-state index contributed by atoms with van der Waals surface area (Å²) in [6, 6.07) is 12.8. The smallest absolute Gasteiger partial charge is 0.335 e. The second kappa shape index (κ2) is 5.60. The number of Topliss-reactive ketones (excluding diaryl/α,β-unsaturated/α-hetero) is 1. The van der Waals surface area contributed by atoms with Gasteiger partial charge in [0.05, 0.1) is 5.56 Å². The molecule has 1 N–H and O–H groups in total. The van der Waals surface area contributed by atoms with E-state index < -0.39 is 5.97 Å². The molecule has 3 nitrogen and oxygen atoms in total. The van der Waals surface area contributed by atoms with Gasteiger partial charge < -0.3 is 5.11 Å². The van der Waals surface area contributed by atoms with Crippen LogP contribution in [-0.4, -0.2) is 16.9 Å². The van der Waals surface area contributed by atoms with Crippen molar-refractivity contribution in [1.82, 2.24) is 0 Å². The Morgan fingerprint density at radius 1 is 1.09 bits per heavy atom. The van der Waals surface area contributed by atoms with Gasteiger partial charge in [0.2, 0.25) is 0 Å². The summed E-state index contributed by atoms with van der Waals surface area (Å²) in [6.07, 6.45) is 3.26. The fourth-order valence-electron chi connectivity index (χ4n) is 2.71. The lowest BCUT2D eigenvalue weighted by molar-refractivity contribution is 0.0696. The average Bonchev–Trinajstić information content (AvgIpc) is 2.52. The number of aromatic carboxylic acids is 1. The Morgan fingerprint density at radius 2 is 1.82 bits per heavy atom. The molecule has 0 bridgehead atoms. The number of carboxylic acids is 1. The molecule has 1 aliphatic rings. The van der Waals surface area contributed by atoms with Crippen molar-refractivity contribution in [3.05, 3.63) is 75.9 Å². The van der Waals surface area contributed by atoms with Gasteiger partial charge in [-0.2, -0.15) is 0 Å². The number of allylic oxidation sites excluding steroid dienone is 1. The molecule has 0 saturated heterocycles. The summed E-state index contributed by atoms with van der Waals surface area (Å²) in [6.45, 7) is 2.03. The van der Waals surface area contributed by atoms with Crippen molar-refractivity contribution in [2.75, 3.05) is 0 Å². The van der Waals surface area contributed by atoms with E-state index in [9.17, 15) is 9.59 Å². The molecule has 0 amide bonds. The highest BCUT2D eigenvalue weighted by Gasteiger charge is 2.22. The molecule has 0 spiro atoms. The molecule has 2 aromatic carbocycles. The van der Waals surface area contributed by atoms with Gasteiger partial charge >= 0.3 is 5.97 Å². The van der Waals surface area contributed by atoms with Crippen LogP contribution in [0, 0.1) is 6.92 Å². The molecule has 2 aromatic rings. The van der Waals surface area contributed by atoms with Crippen molar-refractivity contribution in [3.8, 4) is 0 Å². The number of rotatable bonds is 2. The fraction of sp³-hybridized carbons (Fsp3) is 0.158. The van der Waals surface area contributed by atoms with Crippen LogP contribution in [-0.2, 0) is 6.42 Å². The van der Waals surface area contributed by atoms with E-state index in [0.717, 1.165) is 16.7 Å². The van der Waals surface area contributed by atoms with E-state index in [1.807, 2.05) is 37.3 Å². The normalized spacial score (nSPS) is 15.7. The lowest BCUT2D eigenvalue weighted by atomic mass is 9.85. The molecule has 0 heterocycles. The lowest BCUT2D eigenvalue weighted by Crippen LogP contribution is -2.15. The number of ketones is 1. The van der Waals surface area contributed by atoms with Crippen molar-refractivity contribution >= 4 is 17.8 Å². The molecule has 0 saturated carbocycles. The summed E-state index contributed by atoms with van der Waals surface area (Å²) in [5.74, 6) is -0.963. The number of benzene rings is 2. The molecule has 0 aromatic heterocycles. The standard InChI is InChI=1S/C19H16O3/c1-12-2-4-13(5-3-12)10-15-7-6-14-11-16(19(21)22)8-9-17(14)18(15)20/h2-5,8-11H,6-7H2,1H3,(H,21,22)/b15-10+. The second-order valence-corrected chi connectivity index (χ2v) is 5.59. The third-order valence-electron chi connectivity index (χ3n) is 3.97. The van der Waals surface area contributed by atoms with Crippen molar-refractivity contribution in [2.45, 2.75) is 19.8 Å². The highest BCUT2D eigenvalue weighted by molar-refractivity contribution is 6.13. The van der Waals surface area contributed by atoms with Gasteiger partial charge in [-0.1, -0.05) is 29.8 Å². The van der Waals surface area contributed by atoms with Crippen LogP contribution < -0.4 is 0 Å². The number of hydrogen-bond acceptors (Lipinski definition) is 2. The zero-order valence-corrected chi connectivity index (χ0v) is 12.3. The molecular weight excluding hydrogens is 276 g/mol. The van der Waals surface area contributed by atoms with E-state index in [0.29, 0.717) is 18.4 Å². The van der Waals surface area contributed by atoms with Crippen LogP contribution in [0.4, 0.5) is 0 Å². The number of fused-ring (bicyclic) bond motifs is 1. The van der Waals surface area contributed by atoms with Crippen LogP contribution in [0.5, 0.6) is 0 Å². The number of carbonyl (C=O) groups excluding carboxylic acids is 1. The number of carbonyl (C=O) groups is 2. The molecule has 1 aliphatic carbocycles. The third kappa shape index (κ3) is 2.70. The maximum atomic E-state index is 12.6. The van der Waals surface area contributed by atoms with Crippen LogP contribution in [0.2, 0.25) is 0 Å². The molecule has 0 radical (unpaired) electrons. The van der Waals surface area contributed by atoms with E-state index in [-0.39, 0.29) is 11.3 Å². The van der Waals surface area contributed by atoms with Crippen molar-refractivity contribution in [3.63, 3.8) is 0 Å². The monoisotopic (exact) mass is 292 g/mol. The van der Waals surface area contributed by atoms with Crippen LogP contribution in [0.25, 0.3) is 6.08 Å². The fourth-order valence-corrected chi connectivity index (χ4v) is 2.71. The predicted octanol–water partition coefficient (Wildman–Crippen LogP) is 3.91. The molecule has 22 heavy (non-hydrogen) atoms. The molecule has 0 unspecified atom stereocenters. The first-order chi connectivity index (χ1) is 10.5. The zero-order valence-electron chi connectivity index (χ0n) is 12.3. The molecule has 3 rings (SSSR count). The van der Waals surface area contributed by atoms with Gasteiger partial charge in [0.1, 0.15) is 0 Å².